The van der Waals surface area contributed by atoms with Crippen molar-refractivity contribution in [2.24, 2.45) is 5.92 Å². The molecule has 0 heterocycles. The fourth-order valence-corrected chi connectivity index (χ4v) is 3.20. The molecule has 6 nitrogen and oxygen atoms in total. The van der Waals surface area contributed by atoms with Crippen LogP contribution in [0.1, 0.15) is 52.0 Å². The largest absolute Gasteiger partial charge is 0.452 e. The van der Waals surface area contributed by atoms with Crippen LogP contribution in [0, 0.1) is 5.92 Å². The molecule has 0 radical (unpaired) electrons. The van der Waals surface area contributed by atoms with E-state index in [1.54, 1.807) is 31.2 Å². The van der Waals surface area contributed by atoms with Gasteiger partial charge < -0.3 is 15.4 Å². The third-order valence-electron chi connectivity index (χ3n) is 4.74. The van der Waals surface area contributed by atoms with Gasteiger partial charge in [0, 0.05) is 18.7 Å². The van der Waals surface area contributed by atoms with Crippen molar-refractivity contribution in [1.29, 1.82) is 0 Å². The molecule has 2 N–H and O–H groups in total. The number of esters is 1. The van der Waals surface area contributed by atoms with Crippen LogP contribution in [-0.4, -0.2) is 29.9 Å². The fourth-order valence-electron chi connectivity index (χ4n) is 3.20. The first-order chi connectivity index (χ1) is 12.3. The van der Waals surface area contributed by atoms with Crippen LogP contribution in [0.3, 0.4) is 0 Å². The third kappa shape index (κ3) is 6.17. The first-order valence-corrected chi connectivity index (χ1v) is 9.21. The first kappa shape index (κ1) is 19.9. The van der Waals surface area contributed by atoms with Crippen LogP contribution in [0.15, 0.2) is 24.3 Å². The number of rotatable bonds is 6. The van der Waals surface area contributed by atoms with E-state index in [0.717, 1.165) is 24.8 Å². The van der Waals surface area contributed by atoms with Crippen LogP contribution < -0.4 is 10.6 Å². The molecule has 142 valence electrons. The Balaban J connectivity index is 1.80. The number of nitrogens with one attached hydrogen (secondary N) is 2. The fraction of sp³-hybridized carbons (Fsp3) is 0.550. The van der Waals surface area contributed by atoms with Crippen LogP contribution in [-0.2, 0) is 25.5 Å². The molecule has 0 spiro atoms. The summed E-state index contributed by atoms with van der Waals surface area (Å²) in [4.78, 5) is 35.3. The predicted octanol–water partition coefficient (Wildman–Crippen LogP) is 2.81. The van der Waals surface area contributed by atoms with Gasteiger partial charge in [-0.3, -0.25) is 14.4 Å². The zero-order valence-electron chi connectivity index (χ0n) is 15.7. The number of ether oxygens (including phenoxy) is 1. The Hall–Kier alpha value is -2.37. The van der Waals surface area contributed by atoms with E-state index in [-0.39, 0.29) is 24.3 Å². The molecular weight excluding hydrogens is 332 g/mol. The zero-order valence-corrected chi connectivity index (χ0v) is 15.7. The monoisotopic (exact) mass is 360 g/mol. The van der Waals surface area contributed by atoms with E-state index in [4.69, 9.17) is 4.74 Å². The number of amides is 2. The minimum absolute atomic E-state index is 0.0812. The molecule has 26 heavy (non-hydrogen) atoms. The average Bonchev–Trinajstić information content (AvgIpc) is 2.58. The zero-order chi connectivity index (χ0) is 19.1. The van der Waals surface area contributed by atoms with Gasteiger partial charge in [-0.2, -0.15) is 0 Å². The summed E-state index contributed by atoms with van der Waals surface area (Å²) in [5, 5.41) is 5.67. The molecule has 0 saturated heterocycles. The molecular formula is C20H28N2O4. The highest BCUT2D eigenvalue weighted by Gasteiger charge is 2.26. The molecule has 2 rings (SSSR count). The molecule has 0 aromatic heterocycles. The second kappa shape index (κ2) is 9.36. The lowest BCUT2D eigenvalue weighted by Gasteiger charge is -2.30. The molecule has 1 fully saturated rings. The van der Waals surface area contributed by atoms with Gasteiger partial charge in [-0.1, -0.05) is 31.9 Å². The first-order valence-electron chi connectivity index (χ1n) is 9.21. The summed E-state index contributed by atoms with van der Waals surface area (Å²) in [6.45, 7) is 5.18. The summed E-state index contributed by atoms with van der Waals surface area (Å²) in [5.41, 5.74) is 1.43. The number of hydrogen-bond acceptors (Lipinski definition) is 4. The van der Waals surface area contributed by atoms with Crippen molar-refractivity contribution in [3.05, 3.63) is 29.8 Å². The van der Waals surface area contributed by atoms with E-state index in [1.165, 1.54) is 13.3 Å². The van der Waals surface area contributed by atoms with Crippen LogP contribution in [0.2, 0.25) is 0 Å². The standard InChI is InChI=1S/C20H28N2O4/c1-13-6-4-5-7-18(13)22-20(25)14(2)26-19(24)12-16-8-10-17(11-9-16)21-15(3)23/h8-11,13-14,18H,4-7,12H2,1-3H3,(H,21,23)(H,22,25)/t13-,14-,18+/m1/s1. The van der Waals surface area contributed by atoms with Gasteiger partial charge in [0.25, 0.3) is 5.91 Å². The Morgan fingerprint density at radius 3 is 2.42 bits per heavy atom. The highest BCUT2D eigenvalue weighted by molar-refractivity contribution is 5.88. The average molecular weight is 360 g/mol. The van der Waals surface area contributed by atoms with E-state index >= 15 is 0 Å². The van der Waals surface area contributed by atoms with Gasteiger partial charge in [-0.25, -0.2) is 0 Å². The molecule has 2 amide bonds. The van der Waals surface area contributed by atoms with E-state index in [9.17, 15) is 14.4 Å². The lowest BCUT2D eigenvalue weighted by Crippen LogP contribution is -2.46. The van der Waals surface area contributed by atoms with Crippen molar-refractivity contribution in [3.8, 4) is 0 Å². The molecule has 1 aromatic carbocycles. The van der Waals surface area contributed by atoms with Crippen LogP contribution in [0.4, 0.5) is 5.69 Å². The Labute approximate surface area is 154 Å². The summed E-state index contributed by atoms with van der Waals surface area (Å²) < 4.78 is 5.27. The van der Waals surface area contributed by atoms with Crippen molar-refractivity contribution < 1.29 is 19.1 Å². The van der Waals surface area contributed by atoms with Crippen LogP contribution in [0.5, 0.6) is 0 Å². The van der Waals surface area contributed by atoms with Gasteiger partial charge in [0.15, 0.2) is 6.10 Å². The van der Waals surface area contributed by atoms with E-state index in [1.807, 2.05) is 0 Å². The topological polar surface area (TPSA) is 84.5 Å². The molecule has 1 saturated carbocycles. The normalized spacial score (nSPS) is 20.7. The van der Waals surface area contributed by atoms with Gasteiger partial charge in [-0.15, -0.1) is 0 Å². The van der Waals surface area contributed by atoms with Gasteiger partial charge >= 0.3 is 5.97 Å². The molecule has 0 bridgehead atoms. The summed E-state index contributed by atoms with van der Waals surface area (Å²) in [6.07, 6.45) is 3.70. The summed E-state index contributed by atoms with van der Waals surface area (Å²) >= 11 is 0. The second-order valence-corrected chi connectivity index (χ2v) is 7.06. The predicted molar refractivity (Wildman–Crippen MR) is 99.6 cm³/mol. The minimum atomic E-state index is -0.810. The smallest absolute Gasteiger partial charge is 0.311 e. The SMILES string of the molecule is CC(=O)Nc1ccc(CC(=O)O[C@H](C)C(=O)N[C@H]2CCCC[C@H]2C)cc1. The Kier molecular flexibility index (Phi) is 7.18. The van der Waals surface area contributed by atoms with Gasteiger partial charge in [0.2, 0.25) is 5.91 Å². The highest BCUT2D eigenvalue weighted by atomic mass is 16.5. The maximum atomic E-state index is 12.3. The number of carbonyl (C=O) groups excluding carboxylic acids is 3. The Bertz CT molecular complexity index is 642. The van der Waals surface area contributed by atoms with Gasteiger partial charge in [0.1, 0.15) is 0 Å². The van der Waals surface area contributed by atoms with Crippen molar-refractivity contribution in [2.45, 2.75) is 65.0 Å². The molecule has 3 atom stereocenters. The van der Waals surface area contributed by atoms with Crippen LogP contribution in [0.25, 0.3) is 0 Å². The molecule has 1 aliphatic rings. The number of carbonyl (C=O) groups is 3. The van der Waals surface area contributed by atoms with Crippen molar-refractivity contribution in [3.63, 3.8) is 0 Å². The van der Waals surface area contributed by atoms with Crippen molar-refractivity contribution in [1.82, 2.24) is 5.32 Å². The molecule has 1 aromatic rings. The Morgan fingerprint density at radius 1 is 1.15 bits per heavy atom. The summed E-state index contributed by atoms with van der Waals surface area (Å²) in [6, 6.07) is 7.12. The minimum Gasteiger partial charge on any atom is -0.452 e. The molecule has 6 heteroatoms. The maximum Gasteiger partial charge on any atom is 0.311 e. The quantitative estimate of drug-likeness (QED) is 0.764. The Morgan fingerprint density at radius 2 is 1.81 bits per heavy atom. The number of hydrogen-bond donors (Lipinski definition) is 2. The van der Waals surface area contributed by atoms with Crippen LogP contribution >= 0.6 is 0 Å². The molecule has 0 aliphatic heterocycles. The van der Waals surface area contributed by atoms with Crippen molar-refractivity contribution in [2.75, 3.05) is 5.32 Å². The molecule has 1 aliphatic carbocycles. The van der Waals surface area contributed by atoms with Gasteiger partial charge in [-0.05, 0) is 43.4 Å². The van der Waals surface area contributed by atoms with Gasteiger partial charge in [0.05, 0.1) is 6.42 Å². The highest BCUT2D eigenvalue weighted by Crippen LogP contribution is 2.23. The summed E-state index contributed by atoms with van der Waals surface area (Å²) in [5.74, 6) is -0.378. The van der Waals surface area contributed by atoms with E-state index < -0.39 is 12.1 Å². The lowest BCUT2D eigenvalue weighted by molar-refractivity contribution is -0.154. The number of benzene rings is 1. The third-order valence-corrected chi connectivity index (χ3v) is 4.74. The second-order valence-electron chi connectivity index (χ2n) is 7.06. The lowest BCUT2D eigenvalue weighted by atomic mass is 9.86. The van der Waals surface area contributed by atoms with E-state index in [2.05, 4.69) is 17.6 Å². The maximum absolute atomic E-state index is 12.3. The van der Waals surface area contributed by atoms with Crippen molar-refractivity contribution >= 4 is 23.5 Å². The van der Waals surface area contributed by atoms with E-state index in [0.29, 0.717) is 11.6 Å². The number of anilines is 1. The summed E-state index contributed by atoms with van der Waals surface area (Å²) in [7, 11) is 0. The molecule has 0 unspecified atom stereocenters.